The summed E-state index contributed by atoms with van der Waals surface area (Å²) in [6, 6.07) is 19.8. The van der Waals surface area contributed by atoms with Gasteiger partial charge in [0.25, 0.3) is 0 Å². The molecule has 44 heavy (non-hydrogen) atoms. The van der Waals surface area contributed by atoms with E-state index in [2.05, 4.69) is 4.74 Å². The summed E-state index contributed by atoms with van der Waals surface area (Å²) in [6.45, 7) is 1.78. The lowest BCUT2D eigenvalue weighted by atomic mass is 9.97. The van der Waals surface area contributed by atoms with E-state index in [-0.39, 0.29) is 35.9 Å². The summed E-state index contributed by atoms with van der Waals surface area (Å²) < 4.78 is 39.3. The Morgan fingerprint density at radius 1 is 0.955 bits per heavy atom. The molecule has 2 fully saturated rings. The lowest BCUT2D eigenvalue weighted by Gasteiger charge is -2.46. The smallest absolute Gasteiger partial charge is 0.464 e. The van der Waals surface area contributed by atoms with Gasteiger partial charge in [-0.1, -0.05) is 36.4 Å². The fourth-order valence-corrected chi connectivity index (χ4v) is 5.43. The highest BCUT2D eigenvalue weighted by Gasteiger charge is 2.50. The third-order valence-corrected chi connectivity index (χ3v) is 7.65. The Morgan fingerprint density at radius 2 is 1.75 bits per heavy atom. The van der Waals surface area contributed by atoms with Gasteiger partial charge in [-0.25, -0.2) is 4.79 Å². The molecule has 0 aliphatic carbocycles. The zero-order chi connectivity index (χ0) is 30.8. The van der Waals surface area contributed by atoms with E-state index < -0.39 is 43.2 Å². The number of hydrogen-bond donors (Lipinski definition) is 2. The van der Waals surface area contributed by atoms with Gasteiger partial charge < -0.3 is 43.1 Å². The van der Waals surface area contributed by atoms with Crippen LogP contribution in [0.3, 0.4) is 0 Å². The molecule has 11 heteroatoms. The largest absolute Gasteiger partial charge is 0.513 e. The molecular formula is C33H32O11. The van der Waals surface area contributed by atoms with Crippen LogP contribution in [0.1, 0.15) is 39.8 Å². The first kappa shape index (κ1) is 29.8. The first-order valence-corrected chi connectivity index (χ1v) is 14.2. The molecule has 0 bridgehead atoms. The molecule has 2 aliphatic heterocycles. The van der Waals surface area contributed by atoms with Crippen molar-refractivity contribution in [2.45, 2.75) is 56.8 Å². The van der Waals surface area contributed by atoms with E-state index in [1.807, 2.05) is 54.6 Å². The van der Waals surface area contributed by atoms with Crippen LogP contribution in [-0.4, -0.2) is 66.6 Å². The topological polar surface area (TPSA) is 143 Å². The Kier molecular flexibility index (Phi) is 8.65. The van der Waals surface area contributed by atoms with Crippen LogP contribution in [0.25, 0.3) is 11.0 Å². The van der Waals surface area contributed by atoms with E-state index in [1.54, 1.807) is 19.3 Å². The quantitative estimate of drug-likeness (QED) is 0.165. The molecule has 6 atom stereocenters. The summed E-state index contributed by atoms with van der Waals surface area (Å²) in [6.07, 6.45) is -5.72. The van der Waals surface area contributed by atoms with Crippen LogP contribution in [0.15, 0.2) is 77.4 Å². The number of aliphatic hydroxyl groups excluding tert-OH is 2. The maximum absolute atomic E-state index is 13.7. The normalized spacial score (nSPS) is 24.8. The van der Waals surface area contributed by atoms with E-state index in [9.17, 15) is 19.8 Å². The SMILES string of the molecule is COC(=O)Oc1cc(C)cc(O[C@@H]2O[C@@H]3COC(c4ccccc4)O[C@H]3[C@H](O)[C@H]2O)c1C(=O)CCc1ccc2occc2c1. The van der Waals surface area contributed by atoms with Gasteiger partial charge in [-0.2, -0.15) is 0 Å². The molecule has 3 aromatic carbocycles. The zero-order valence-electron chi connectivity index (χ0n) is 24.1. The molecule has 3 heterocycles. The minimum Gasteiger partial charge on any atom is -0.464 e. The monoisotopic (exact) mass is 604 g/mol. The fraction of sp³-hybridized carbons (Fsp3) is 0.333. The summed E-state index contributed by atoms with van der Waals surface area (Å²) in [5.41, 5.74) is 2.97. The van der Waals surface area contributed by atoms with Gasteiger partial charge in [-0.05, 0) is 54.8 Å². The molecule has 0 saturated carbocycles. The average Bonchev–Trinajstić information content (AvgIpc) is 3.50. The first-order chi connectivity index (χ1) is 21.3. The lowest BCUT2D eigenvalue weighted by molar-refractivity contribution is -0.350. The molecule has 2 N–H and O–H groups in total. The van der Waals surface area contributed by atoms with Crippen molar-refractivity contribution in [3.63, 3.8) is 0 Å². The summed E-state index contributed by atoms with van der Waals surface area (Å²) in [7, 11) is 1.16. The van der Waals surface area contributed by atoms with E-state index >= 15 is 0 Å². The molecule has 0 spiro atoms. The number of benzene rings is 3. The van der Waals surface area contributed by atoms with Crippen LogP contribution in [0, 0.1) is 6.92 Å². The molecule has 4 aromatic rings. The van der Waals surface area contributed by atoms with Gasteiger partial charge in [0.05, 0.1) is 20.0 Å². The number of carbonyl (C=O) groups is 2. The second-order valence-electron chi connectivity index (χ2n) is 10.7. The first-order valence-electron chi connectivity index (χ1n) is 14.2. The Morgan fingerprint density at radius 3 is 2.55 bits per heavy atom. The highest BCUT2D eigenvalue weighted by molar-refractivity contribution is 6.02. The highest BCUT2D eigenvalue weighted by Crippen LogP contribution is 2.38. The number of fused-ring (bicyclic) bond motifs is 2. The van der Waals surface area contributed by atoms with E-state index in [4.69, 9.17) is 28.1 Å². The Balaban J connectivity index is 1.23. The fourth-order valence-electron chi connectivity index (χ4n) is 5.43. The highest BCUT2D eigenvalue weighted by atomic mass is 16.8. The number of carbonyl (C=O) groups excluding carboxylic acids is 2. The second-order valence-corrected chi connectivity index (χ2v) is 10.7. The van der Waals surface area contributed by atoms with Crippen molar-refractivity contribution in [2.24, 2.45) is 0 Å². The molecule has 6 rings (SSSR count). The standard InChI is InChI=1S/C33H32O11/c1-18-14-24(41-32-29(36)28(35)30-26(42-32)17-40-31(44-30)20-6-4-3-5-7-20)27(25(15-18)43-33(37)38-2)22(34)10-8-19-9-11-23-21(16-19)12-13-39-23/h3-7,9,11-16,26,28-32,35-36H,8,10,17H2,1-2H3/t26-,28-,29-,30-,31?,32-/m1/s1. The number of rotatable bonds is 8. The summed E-state index contributed by atoms with van der Waals surface area (Å²) in [5.74, 6) is -0.445. The van der Waals surface area contributed by atoms with Gasteiger partial charge >= 0.3 is 6.16 Å². The molecule has 0 radical (unpaired) electrons. The number of methoxy groups -OCH3 is 1. The van der Waals surface area contributed by atoms with Crippen molar-refractivity contribution >= 4 is 22.9 Å². The van der Waals surface area contributed by atoms with Crippen molar-refractivity contribution in [1.82, 2.24) is 0 Å². The molecule has 11 nitrogen and oxygen atoms in total. The Hall–Kier alpha value is -4.26. The van der Waals surface area contributed by atoms with Crippen molar-refractivity contribution in [3.8, 4) is 11.5 Å². The number of furan rings is 1. The number of ketones is 1. The van der Waals surface area contributed by atoms with Gasteiger partial charge in [0.1, 0.15) is 47.1 Å². The summed E-state index contributed by atoms with van der Waals surface area (Å²) in [4.78, 5) is 25.8. The van der Waals surface area contributed by atoms with Gasteiger partial charge in [0.15, 0.2) is 12.1 Å². The number of aliphatic hydroxyl groups is 2. The molecule has 230 valence electrons. The van der Waals surface area contributed by atoms with Gasteiger partial charge in [-0.15, -0.1) is 0 Å². The van der Waals surface area contributed by atoms with E-state index in [1.165, 1.54) is 6.07 Å². The minimum absolute atomic E-state index is 0.00805. The van der Waals surface area contributed by atoms with Crippen LogP contribution in [0.4, 0.5) is 4.79 Å². The maximum Gasteiger partial charge on any atom is 0.513 e. The number of Topliss-reactive ketones (excluding diaryl/α,β-unsaturated/α-hetero) is 1. The molecular weight excluding hydrogens is 572 g/mol. The number of hydrogen-bond acceptors (Lipinski definition) is 11. The minimum atomic E-state index is -1.54. The third-order valence-electron chi connectivity index (χ3n) is 7.65. The number of aryl methyl sites for hydroxylation is 2. The van der Waals surface area contributed by atoms with Gasteiger partial charge in [0, 0.05) is 17.4 Å². The molecule has 2 aliphatic rings. The predicted octanol–water partition coefficient (Wildman–Crippen LogP) is 4.64. The van der Waals surface area contributed by atoms with E-state index in [0.29, 0.717) is 12.0 Å². The van der Waals surface area contributed by atoms with Gasteiger partial charge in [-0.3, -0.25) is 4.79 Å². The average molecular weight is 605 g/mol. The second kappa shape index (κ2) is 12.8. The lowest BCUT2D eigenvalue weighted by Crippen LogP contribution is -2.63. The predicted molar refractivity (Wildman–Crippen MR) is 154 cm³/mol. The van der Waals surface area contributed by atoms with Crippen molar-refractivity contribution in [1.29, 1.82) is 0 Å². The molecule has 1 aromatic heterocycles. The molecule has 0 amide bonds. The summed E-state index contributed by atoms with van der Waals surface area (Å²) in [5, 5.41) is 23.0. The Bertz CT molecular complexity index is 1630. The third kappa shape index (κ3) is 6.19. The summed E-state index contributed by atoms with van der Waals surface area (Å²) >= 11 is 0. The zero-order valence-corrected chi connectivity index (χ0v) is 24.1. The van der Waals surface area contributed by atoms with Crippen LogP contribution in [-0.2, 0) is 25.4 Å². The van der Waals surface area contributed by atoms with Crippen LogP contribution < -0.4 is 9.47 Å². The van der Waals surface area contributed by atoms with Crippen LogP contribution >= 0.6 is 0 Å². The number of ether oxygens (including phenoxy) is 6. The Labute approximate surface area is 252 Å². The van der Waals surface area contributed by atoms with Crippen LogP contribution in [0.2, 0.25) is 0 Å². The van der Waals surface area contributed by atoms with Crippen molar-refractivity contribution in [2.75, 3.05) is 13.7 Å². The van der Waals surface area contributed by atoms with Crippen molar-refractivity contribution in [3.05, 3.63) is 95.2 Å². The maximum atomic E-state index is 13.7. The van der Waals surface area contributed by atoms with Crippen LogP contribution in [0.5, 0.6) is 11.5 Å². The van der Waals surface area contributed by atoms with E-state index in [0.717, 1.165) is 29.2 Å². The van der Waals surface area contributed by atoms with Gasteiger partial charge in [0.2, 0.25) is 6.29 Å². The molecule has 1 unspecified atom stereocenters. The molecule has 2 saturated heterocycles. The van der Waals surface area contributed by atoms with Crippen molar-refractivity contribution < 1.29 is 52.6 Å².